The molecule has 0 atom stereocenters. The zero-order chi connectivity index (χ0) is 25.3. The summed E-state index contributed by atoms with van der Waals surface area (Å²) in [5.74, 6) is -1.09. The number of benzene rings is 2. The molecule has 2 aromatic carbocycles. The van der Waals surface area contributed by atoms with Crippen LogP contribution in [0.1, 0.15) is 52.7 Å². The van der Waals surface area contributed by atoms with E-state index in [-0.39, 0.29) is 24.0 Å². The van der Waals surface area contributed by atoms with E-state index in [1.54, 1.807) is 24.3 Å². The second-order valence-electron chi connectivity index (χ2n) is 9.86. The summed E-state index contributed by atoms with van der Waals surface area (Å²) in [4.78, 5) is 24.9. The molecule has 3 rings (SSSR count). The highest BCUT2D eigenvalue weighted by molar-refractivity contribution is 6.48. The molecule has 1 heterocycles. The van der Waals surface area contributed by atoms with Gasteiger partial charge in [-0.3, -0.25) is 9.59 Å². The van der Waals surface area contributed by atoms with Crippen molar-refractivity contribution >= 4 is 29.7 Å². The number of esters is 1. The van der Waals surface area contributed by atoms with Crippen molar-refractivity contribution in [3.8, 4) is 5.69 Å². The molecule has 7 nitrogen and oxygen atoms in total. The summed E-state index contributed by atoms with van der Waals surface area (Å²) in [5, 5.41) is 4.68. The molecular weight excluding hydrogens is 436 g/mol. The third-order valence-corrected chi connectivity index (χ3v) is 5.54. The Morgan fingerprint density at radius 1 is 1.21 bits per heavy atom. The van der Waals surface area contributed by atoms with Gasteiger partial charge in [-0.15, -0.1) is 0 Å². The third-order valence-electron chi connectivity index (χ3n) is 5.54. The molecule has 3 aromatic rings. The zero-order valence-corrected chi connectivity index (χ0v) is 20.4. The monoisotopic (exact) mass is 466 g/mol. The normalized spacial score (nSPS) is 12.1. The van der Waals surface area contributed by atoms with Crippen molar-refractivity contribution in [1.29, 1.82) is 0 Å². The van der Waals surface area contributed by atoms with E-state index in [2.05, 4.69) is 5.10 Å². The minimum absolute atomic E-state index is 0.0589. The Hall–Kier alpha value is -3.04. The van der Waals surface area contributed by atoms with Crippen LogP contribution in [0.15, 0.2) is 41.3 Å². The van der Waals surface area contributed by atoms with Gasteiger partial charge in [0.15, 0.2) is 0 Å². The van der Waals surface area contributed by atoms with Gasteiger partial charge in [0, 0.05) is 24.4 Å². The van der Waals surface area contributed by atoms with E-state index >= 15 is 4.39 Å². The van der Waals surface area contributed by atoms with Crippen LogP contribution in [-0.4, -0.2) is 35.4 Å². The van der Waals surface area contributed by atoms with Crippen LogP contribution in [0.2, 0.25) is 0 Å². The number of aromatic nitrogens is 2. The smallest absolute Gasteiger partial charge is 0.331 e. The van der Waals surface area contributed by atoms with Crippen LogP contribution < -0.4 is 16.8 Å². The number of hydrogen-bond donors (Lipinski definition) is 1. The molecule has 0 aliphatic heterocycles. The lowest BCUT2D eigenvalue weighted by molar-refractivity contribution is -0.142. The van der Waals surface area contributed by atoms with Gasteiger partial charge in [0.2, 0.25) is 0 Å². The molecule has 0 aliphatic carbocycles. The summed E-state index contributed by atoms with van der Waals surface area (Å²) in [6, 6.07) is 8.31. The molecule has 0 spiro atoms. The van der Waals surface area contributed by atoms with Gasteiger partial charge in [0.05, 0.1) is 22.9 Å². The fourth-order valence-electron chi connectivity index (χ4n) is 3.34. The number of nitrogens with zero attached hydrogens (tertiary/aromatic N) is 2. The van der Waals surface area contributed by atoms with Gasteiger partial charge >= 0.3 is 13.5 Å². The van der Waals surface area contributed by atoms with Crippen LogP contribution in [0.3, 0.4) is 0 Å². The lowest BCUT2D eigenvalue weighted by atomic mass is 9.82. The number of carbonyl (C=O) groups excluding carboxylic acids is 1. The molecule has 1 radical (unpaired) electrons. The fraction of sp³-hybridized carbons (Fsp3) is 0.400. The van der Waals surface area contributed by atoms with Gasteiger partial charge in [-0.1, -0.05) is 32.9 Å². The van der Waals surface area contributed by atoms with E-state index in [0.717, 1.165) is 10.2 Å². The first-order valence-corrected chi connectivity index (χ1v) is 11.0. The van der Waals surface area contributed by atoms with Crippen molar-refractivity contribution in [3.63, 3.8) is 0 Å². The second-order valence-corrected chi connectivity index (χ2v) is 9.86. The van der Waals surface area contributed by atoms with Crippen LogP contribution in [0.25, 0.3) is 16.5 Å². The standard InChI is InChI=1S/C25H30BFN3O4/c1-15(31)33-13-18-19(26-34-25(5,6)14-28)8-7-9-21(18)30-23(32)22-16(12-29-30)10-17(11-20(22)27)24(2,3)4/h7-12H,13-14,28H2,1-6H3. The van der Waals surface area contributed by atoms with Crippen molar-refractivity contribution in [2.24, 2.45) is 5.73 Å². The van der Waals surface area contributed by atoms with Crippen LogP contribution in [0, 0.1) is 5.82 Å². The molecule has 34 heavy (non-hydrogen) atoms. The van der Waals surface area contributed by atoms with Crippen LogP contribution in [0.5, 0.6) is 0 Å². The molecule has 0 saturated carbocycles. The molecule has 0 amide bonds. The largest absolute Gasteiger partial charge is 0.461 e. The molecule has 0 aliphatic rings. The zero-order valence-electron chi connectivity index (χ0n) is 20.4. The molecule has 2 N–H and O–H groups in total. The first-order chi connectivity index (χ1) is 15.8. The van der Waals surface area contributed by atoms with Crippen LogP contribution >= 0.6 is 0 Å². The molecule has 1 aromatic heterocycles. The quantitative estimate of drug-likeness (QED) is 0.425. The Bertz CT molecular complexity index is 1280. The maximum atomic E-state index is 15.1. The summed E-state index contributed by atoms with van der Waals surface area (Å²) in [7, 11) is 1.51. The van der Waals surface area contributed by atoms with Crippen molar-refractivity contribution in [2.45, 2.75) is 59.2 Å². The predicted molar refractivity (Wildman–Crippen MR) is 131 cm³/mol. The highest BCUT2D eigenvalue weighted by atomic mass is 19.1. The van der Waals surface area contributed by atoms with Crippen LogP contribution in [-0.2, 0) is 26.2 Å². The molecule has 0 bridgehead atoms. The highest BCUT2D eigenvalue weighted by Gasteiger charge is 2.22. The number of carbonyl (C=O) groups is 1. The third kappa shape index (κ3) is 5.54. The molecular formula is C25H30BFN3O4. The van der Waals surface area contributed by atoms with E-state index in [1.807, 2.05) is 34.6 Å². The van der Waals surface area contributed by atoms with Gasteiger partial charge in [-0.2, -0.15) is 9.78 Å². The number of nitrogens with two attached hydrogens (primary N) is 1. The highest BCUT2D eigenvalue weighted by Crippen LogP contribution is 2.27. The summed E-state index contributed by atoms with van der Waals surface area (Å²) in [6.45, 7) is 11.0. The van der Waals surface area contributed by atoms with Crippen molar-refractivity contribution < 1.29 is 18.6 Å². The Morgan fingerprint density at radius 3 is 2.53 bits per heavy atom. The summed E-state index contributed by atoms with van der Waals surface area (Å²) in [5.41, 5.74) is 6.42. The second kappa shape index (κ2) is 9.68. The Kier molecular flexibility index (Phi) is 7.28. The maximum absolute atomic E-state index is 15.1. The van der Waals surface area contributed by atoms with E-state index in [9.17, 15) is 9.59 Å². The topological polar surface area (TPSA) is 96.4 Å². The minimum atomic E-state index is -0.624. The number of fused-ring (bicyclic) bond motifs is 1. The Morgan fingerprint density at radius 2 is 1.91 bits per heavy atom. The fourth-order valence-corrected chi connectivity index (χ4v) is 3.34. The Balaban J connectivity index is 2.17. The van der Waals surface area contributed by atoms with Gasteiger partial charge < -0.3 is 15.1 Å². The number of halogens is 1. The van der Waals surface area contributed by atoms with E-state index in [0.29, 0.717) is 22.1 Å². The van der Waals surface area contributed by atoms with Crippen molar-refractivity contribution in [2.75, 3.05) is 6.54 Å². The summed E-state index contributed by atoms with van der Waals surface area (Å²) in [6.07, 6.45) is 1.47. The molecule has 9 heteroatoms. The van der Waals surface area contributed by atoms with E-state index < -0.39 is 22.9 Å². The SMILES string of the molecule is CC(=O)OCc1c([B]OC(C)(C)CN)cccc1-n1ncc2cc(C(C)(C)C)cc(F)c2c1=O. The van der Waals surface area contributed by atoms with Gasteiger partial charge in [0.25, 0.3) is 5.56 Å². The summed E-state index contributed by atoms with van der Waals surface area (Å²) < 4.78 is 27.3. The lowest BCUT2D eigenvalue weighted by Gasteiger charge is -2.24. The average Bonchev–Trinajstić information content (AvgIpc) is 2.75. The molecule has 0 saturated heterocycles. The number of ether oxygens (including phenoxy) is 1. The van der Waals surface area contributed by atoms with Gasteiger partial charge in [-0.05, 0) is 48.5 Å². The molecule has 0 fully saturated rings. The predicted octanol–water partition coefficient (Wildman–Crippen LogP) is 2.88. The first kappa shape index (κ1) is 25.6. The minimum Gasteiger partial charge on any atom is -0.461 e. The molecule has 179 valence electrons. The maximum Gasteiger partial charge on any atom is 0.331 e. The number of hydrogen-bond acceptors (Lipinski definition) is 6. The van der Waals surface area contributed by atoms with E-state index in [1.165, 1.54) is 26.7 Å². The molecule has 0 unspecified atom stereocenters. The Labute approximate surface area is 199 Å². The van der Waals surface area contributed by atoms with Crippen LogP contribution in [0.4, 0.5) is 4.39 Å². The van der Waals surface area contributed by atoms with Gasteiger partial charge in [-0.25, -0.2) is 4.39 Å². The lowest BCUT2D eigenvalue weighted by Crippen LogP contribution is -2.39. The summed E-state index contributed by atoms with van der Waals surface area (Å²) >= 11 is 0. The first-order valence-electron chi connectivity index (χ1n) is 11.0. The number of rotatable bonds is 7. The average molecular weight is 466 g/mol. The van der Waals surface area contributed by atoms with Crippen molar-refractivity contribution in [1.82, 2.24) is 9.78 Å². The van der Waals surface area contributed by atoms with Crippen molar-refractivity contribution in [3.05, 3.63) is 63.8 Å². The van der Waals surface area contributed by atoms with E-state index in [4.69, 9.17) is 15.1 Å². The van der Waals surface area contributed by atoms with Gasteiger partial charge in [0.1, 0.15) is 12.4 Å².